The summed E-state index contributed by atoms with van der Waals surface area (Å²) < 4.78 is 0. The Balaban J connectivity index is -0.00000000123. The molecule has 0 amide bonds. The third kappa shape index (κ3) is 21500. The molecule has 0 aromatic carbocycles. The van der Waals surface area contributed by atoms with Crippen LogP contribution in [0.2, 0.25) is 0 Å². The van der Waals surface area contributed by atoms with Crippen LogP contribution in [-0.4, -0.2) is 0 Å². The molecular weight excluding hydrogens is 236 g/mol. The molecule has 0 aromatic heterocycles. The van der Waals surface area contributed by atoms with E-state index in [1.54, 1.807) is 0 Å². The van der Waals surface area contributed by atoms with E-state index in [0.717, 1.165) is 0 Å². The average Bonchev–Trinajstić information content (AvgIpc) is 1.39. The van der Waals surface area contributed by atoms with Gasteiger partial charge in [0.2, 0.25) is 0 Å². The Morgan fingerprint density at radius 3 is 0.438 bits per heavy atom. The second-order valence-corrected chi connectivity index (χ2v) is 0.600. The standard InChI is InChI=1S/2CHNS.10CH4/c2*2-1-3;;;;;;;;;;/h2*3H;10*1H4. The van der Waals surface area contributed by atoms with E-state index in [2.05, 4.69) is 25.3 Å². The summed E-state index contributed by atoms with van der Waals surface area (Å²) in [5, 5.41) is 17.3. The summed E-state index contributed by atoms with van der Waals surface area (Å²) in [5.41, 5.74) is 0. The maximum Gasteiger partial charge on any atom is 0.130 e. The van der Waals surface area contributed by atoms with Crippen LogP contribution in [0.1, 0.15) is 74.3 Å². The molecule has 0 unspecified atom stereocenters. The lowest BCUT2D eigenvalue weighted by molar-refractivity contribution is 1.57. The fourth-order valence-electron chi connectivity index (χ4n) is 0. The van der Waals surface area contributed by atoms with E-state index in [4.69, 9.17) is 10.5 Å². The first-order valence-corrected chi connectivity index (χ1v) is 1.79. The lowest BCUT2D eigenvalue weighted by Gasteiger charge is -1.14. The molecule has 0 heterocycles. The molecule has 2 nitrogen and oxygen atoms in total. The van der Waals surface area contributed by atoms with E-state index < -0.39 is 0 Å². The monoisotopic (exact) mass is 278 g/mol. The molecule has 0 atom stereocenters. The Hall–Kier alpha value is -0.320. The number of hydrogen-bond acceptors (Lipinski definition) is 4. The van der Waals surface area contributed by atoms with Crippen LogP contribution in [0.15, 0.2) is 0 Å². The van der Waals surface area contributed by atoms with Crippen LogP contribution in [0.5, 0.6) is 0 Å². The molecule has 0 saturated carbocycles. The number of thiol groups is 2. The Kier molecular flexibility index (Phi) is 15200. The smallest absolute Gasteiger partial charge is 0.130 e. The molecule has 0 fully saturated rings. The van der Waals surface area contributed by atoms with Crippen LogP contribution in [0, 0.1) is 21.3 Å². The number of rotatable bonds is 0. The topological polar surface area (TPSA) is 47.6 Å². The van der Waals surface area contributed by atoms with Crippen LogP contribution in [0.4, 0.5) is 0 Å². The molecule has 0 aromatic rings. The van der Waals surface area contributed by atoms with Crippen molar-refractivity contribution in [3.05, 3.63) is 0 Å². The molecule has 0 rings (SSSR count). The van der Waals surface area contributed by atoms with Gasteiger partial charge >= 0.3 is 0 Å². The first kappa shape index (κ1) is 250. The third-order valence-electron chi connectivity index (χ3n) is 0. The summed E-state index contributed by atoms with van der Waals surface area (Å²) in [6.45, 7) is 0. The van der Waals surface area contributed by atoms with Gasteiger partial charge < -0.3 is 0 Å². The van der Waals surface area contributed by atoms with Gasteiger partial charge in [-0.2, -0.15) is 10.5 Å². The molecule has 0 bridgehead atoms. The van der Waals surface area contributed by atoms with E-state index in [1.165, 1.54) is 10.8 Å². The lowest BCUT2D eigenvalue weighted by Crippen LogP contribution is -0.961. The van der Waals surface area contributed by atoms with Crippen molar-refractivity contribution in [3.8, 4) is 10.8 Å². The van der Waals surface area contributed by atoms with Crippen molar-refractivity contribution < 1.29 is 0 Å². The van der Waals surface area contributed by atoms with E-state index in [9.17, 15) is 0 Å². The van der Waals surface area contributed by atoms with E-state index in [1.807, 2.05) is 0 Å². The predicted octanol–water partition coefficient (Wildman–Crippen LogP) is 7.16. The second kappa shape index (κ2) is 973. The summed E-state index contributed by atoms with van der Waals surface area (Å²) in [7, 11) is 0. The average molecular weight is 279 g/mol. The molecule has 0 radical (unpaired) electrons. The van der Waals surface area contributed by atoms with E-state index in [-0.39, 0.29) is 74.3 Å². The van der Waals surface area contributed by atoms with Crippen molar-refractivity contribution in [2.45, 2.75) is 74.3 Å². The fraction of sp³-hybridized carbons (Fsp3) is 0.833. The highest BCUT2D eigenvalue weighted by Crippen LogP contribution is 1.46. The third-order valence-corrected chi connectivity index (χ3v) is 0. The molecule has 0 aliphatic heterocycles. The normalized spacial score (nSPS) is 1.00. The molecule has 112 valence electrons. The van der Waals surface area contributed by atoms with E-state index in [0.29, 0.717) is 0 Å². The highest BCUT2D eigenvalue weighted by molar-refractivity contribution is 7.85. The van der Waals surface area contributed by atoms with Crippen molar-refractivity contribution in [1.82, 2.24) is 0 Å². The van der Waals surface area contributed by atoms with Gasteiger partial charge in [0.1, 0.15) is 10.8 Å². The van der Waals surface area contributed by atoms with Crippen LogP contribution in [0.3, 0.4) is 0 Å². The Morgan fingerprint density at radius 1 is 0.438 bits per heavy atom. The van der Waals surface area contributed by atoms with Gasteiger partial charge in [-0.25, -0.2) is 0 Å². The van der Waals surface area contributed by atoms with Gasteiger partial charge in [0, 0.05) is 0 Å². The minimum absolute atomic E-state index is 0. The van der Waals surface area contributed by atoms with Crippen LogP contribution >= 0.6 is 25.3 Å². The van der Waals surface area contributed by atoms with Gasteiger partial charge in [-0.3, -0.25) is 0 Å². The molecule has 0 saturated heterocycles. The highest BCUT2D eigenvalue weighted by Gasteiger charge is 1.18. The van der Waals surface area contributed by atoms with Gasteiger partial charge in [0.15, 0.2) is 0 Å². The molecule has 4 heteroatoms. The van der Waals surface area contributed by atoms with Crippen molar-refractivity contribution >= 4 is 25.3 Å². The van der Waals surface area contributed by atoms with Crippen LogP contribution in [-0.2, 0) is 0 Å². The zero-order valence-electron chi connectivity index (χ0n) is 2.79. The second-order valence-electron chi connectivity index (χ2n) is 0.200. The molecular formula is C12H42N2S2. The van der Waals surface area contributed by atoms with E-state index >= 15 is 0 Å². The minimum atomic E-state index is 0. The summed E-state index contributed by atoms with van der Waals surface area (Å²) >= 11 is 6.19. The van der Waals surface area contributed by atoms with Crippen LogP contribution < -0.4 is 0 Å². The van der Waals surface area contributed by atoms with Gasteiger partial charge in [-0.15, -0.1) is 0 Å². The fourth-order valence-corrected chi connectivity index (χ4v) is 0. The summed E-state index contributed by atoms with van der Waals surface area (Å²) in [4.78, 5) is 0. The lowest BCUT2D eigenvalue weighted by atomic mass is 11.8. The minimum Gasteiger partial charge on any atom is -0.185 e. The van der Waals surface area contributed by atoms with Crippen molar-refractivity contribution in [2.24, 2.45) is 0 Å². The number of nitrogens with zero attached hydrogens (tertiary/aromatic N) is 2. The number of thiocyanates is 2. The summed E-state index contributed by atoms with van der Waals surface area (Å²) in [5.74, 6) is 0. The molecule has 0 aliphatic carbocycles. The quantitative estimate of drug-likeness (QED) is 0.365. The van der Waals surface area contributed by atoms with Gasteiger partial charge in [-0.1, -0.05) is 99.5 Å². The SMILES string of the molecule is C.C.C.C.C.C.C.C.C.C.N#CS.N#CS. The molecule has 0 spiro atoms. The maximum absolute atomic E-state index is 7.18. The number of nitriles is 2. The Labute approximate surface area is 121 Å². The zero-order valence-corrected chi connectivity index (χ0v) is 4.58. The predicted molar refractivity (Wildman–Crippen MR) is 96.5 cm³/mol. The zero-order chi connectivity index (χ0) is 5.41. The van der Waals surface area contributed by atoms with Gasteiger partial charge in [0.05, 0.1) is 0 Å². The first-order valence-electron chi connectivity index (χ1n) is 0.894. The molecule has 0 N–H and O–H groups in total. The molecule has 16 heavy (non-hydrogen) atoms. The molecule has 0 aliphatic rings. The number of hydrogen-bond donors (Lipinski definition) is 2. The summed E-state index contributed by atoms with van der Waals surface area (Å²) in [6.07, 6.45) is 0. The first-order chi connectivity index (χ1) is 2.83. The van der Waals surface area contributed by atoms with Crippen LogP contribution in [0.25, 0.3) is 0 Å². The van der Waals surface area contributed by atoms with Crippen molar-refractivity contribution in [1.29, 1.82) is 10.5 Å². The maximum atomic E-state index is 7.18. The Bertz CT molecular complexity index is 72.0. The summed E-state index contributed by atoms with van der Waals surface area (Å²) in [6, 6.07) is 0. The van der Waals surface area contributed by atoms with Crippen molar-refractivity contribution in [2.75, 3.05) is 0 Å². The van der Waals surface area contributed by atoms with Gasteiger partial charge in [0.25, 0.3) is 0 Å². The van der Waals surface area contributed by atoms with Crippen molar-refractivity contribution in [3.63, 3.8) is 0 Å². The Morgan fingerprint density at radius 2 is 0.438 bits per heavy atom. The largest absolute Gasteiger partial charge is 0.185 e. The van der Waals surface area contributed by atoms with Gasteiger partial charge in [-0.05, 0) is 0 Å². The highest BCUT2D eigenvalue weighted by atomic mass is 32.1.